The molecule has 2 aromatic rings. The van der Waals surface area contributed by atoms with E-state index in [1.807, 2.05) is 18.5 Å². The molecule has 1 unspecified atom stereocenters. The van der Waals surface area contributed by atoms with Gasteiger partial charge in [-0.15, -0.1) is 0 Å². The number of aromatic amines is 1. The zero-order chi connectivity index (χ0) is 30.8. The van der Waals surface area contributed by atoms with Gasteiger partial charge in [-0.25, -0.2) is 14.2 Å². The van der Waals surface area contributed by atoms with Crippen LogP contribution in [0, 0.1) is 5.82 Å². The minimum Gasteiger partial charge on any atom is -0.434 e. The quantitative estimate of drug-likeness (QED) is 0.435. The number of aromatic nitrogens is 3. The van der Waals surface area contributed by atoms with Crippen molar-refractivity contribution in [3.8, 4) is 0 Å². The third-order valence-electron chi connectivity index (χ3n) is 5.78. The number of amides is 2. The van der Waals surface area contributed by atoms with Gasteiger partial charge in [-0.2, -0.15) is 18.3 Å². The summed E-state index contributed by atoms with van der Waals surface area (Å²) < 4.78 is 63.5. The topological polar surface area (TPSA) is 156 Å². The number of nitrogens with zero attached hydrogens (tertiary/aromatic N) is 3. The van der Waals surface area contributed by atoms with Crippen molar-refractivity contribution < 1.29 is 46.2 Å². The van der Waals surface area contributed by atoms with Crippen LogP contribution in [0.2, 0.25) is 0 Å². The third-order valence-corrected chi connectivity index (χ3v) is 5.78. The first-order valence-electron chi connectivity index (χ1n) is 11.8. The summed E-state index contributed by atoms with van der Waals surface area (Å²) in [7, 11) is 0. The van der Waals surface area contributed by atoms with Crippen LogP contribution in [0.1, 0.15) is 30.9 Å². The maximum atomic E-state index is 13.6. The molecule has 41 heavy (non-hydrogen) atoms. The number of alkyl halides is 3. The number of allylic oxidation sites excluding steroid dienone is 1. The Morgan fingerprint density at radius 2 is 1.83 bits per heavy atom. The number of benzene rings is 1. The van der Waals surface area contributed by atoms with Gasteiger partial charge < -0.3 is 29.3 Å². The first-order chi connectivity index (χ1) is 19.4. The Hall–Kier alpha value is -4.60. The fourth-order valence-corrected chi connectivity index (χ4v) is 3.74. The first-order valence-corrected chi connectivity index (χ1v) is 11.8. The van der Waals surface area contributed by atoms with Gasteiger partial charge in [0.05, 0.1) is 12.6 Å². The molecular formula is C25H28F4N6O6. The summed E-state index contributed by atoms with van der Waals surface area (Å²) in [5.74, 6) is -0.853. The highest BCUT2D eigenvalue weighted by Crippen LogP contribution is 2.34. The summed E-state index contributed by atoms with van der Waals surface area (Å²) in [6.45, 7) is 5.89. The van der Waals surface area contributed by atoms with E-state index in [9.17, 15) is 27.2 Å². The number of carbonyl (C=O) groups excluding carboxylic acids is 4. The second-order valence-corrected chi connectivity index (χ2v) is 8.86. The van der Waals surface area contributed by atoms with Crippen molar-refractivity contribution in [2.75, 3.05) is 18.0 Å². The van der Waals surface area contributed by atoms with E-state index in [2.05, 4.69) is 30.6 Å². The average Bonchev–Trinajstić information content (AvgIpc) is 3.48. The molecule has 1 aliphatic heterocycles. The van der Waals surface area contributed by atoms with E-state index in [-0.39, 0.29) is 31.0 Å². The molecule has 1 saturated heterocycles. The van der Waals surface area contributed by atoms with E-state index < -0.39 is 41.8 Å². The maximum absolute atomic E-state index is 13.6. The van der Waals surface area contributed by atoms with E-state index in [0.29, 0.717) is 11.4 Å². The minimum absolute atomic E-state index is 0.0451. The molecule has 2 aliphatic rings. The number of H-pyrrole nitrogens is 1. The second kappa shape index (κ2) is 14.2. The van der Waals surface area contributed by atoms with Gasteiger partial charge >= 0.3 is 12.3 Å². The van der Waals surface area contributed by atoms with Crippen molar-refractivity contribution in [2.45, 2.75) is 44.3 Å². The molecule has 0 radical (unpaired) electrons. The molecule has 1 fully saturated rings. The summed E-state index contributed by atoms with van der Waals surface area (Å²) in [5, 5.41) is 11.2. The molecule has 222 valence electrons. The largest absolute Gasteiger partial charge is 0.434 e. The lowest BCUT2D eigenvalue weighted by molar-refractivity contribution is -0.243. The highest BCUT2D eigenvalue weighted by molar-refractivity contribution is 5.90. The molecule has 2 heterocycles. The monoisotopic (exact) mass is 584 g/mol. The Morgan fingerprint density at radius 1 is 1.17 bits per heavy atom. The normalized spacial score (nSPS) is 18.1. The lowest BCUT2D eigenvalue weighted by Crippen LogP contribution is -2.51. The SMILES string of the molecule is C=O.C=O.CC(C)(OC(=O)NC1=CCC2O[C@@H](CNC(=O)c3ncn[nH]3)CN(c3ccc(F)cc3)C2=C1)C(F)(F)F. The number of morpholine rings is 1. The summed E-state index contributed by atoms with van der Waals surface area (Å²) >= 11 is 0. The molecule has 1 aromatic heterocycles. The third kappa shape index (κ3) is 8.44. The Kier molecular flexibility index (Phi) is 11.3. The summed E-state index contributed by atoms with van der Waals surface area (Å²) in [4.78, 5) is 46.0. The predicted octanol–water partition coefficient (Wildman–Crippen LogP) is 2.82. The number of hydrogen-bond acceptors (Lipinski definition) is 9. The fourth-order valence-electron chi connectivity index (χ4n) is 3.74. The molecular weight excluding hydrogens is 556 g/mol. The second-order valence-electron chi connectivity index (χ2n) is 8.86. The maximum Gasteiger partial charge on any atom is 0.427 e. The number of alkyl carbamates (subject to hydrolysis) is 1. The molecule has 1 aliphatic carbocycles. The van der Waals surface area contributed by atoms with Crippen LogP contribution >= 0.6 is 0 Å². The van der Waals surface area contributed by atoms with Crippen molar-refractivity contribution in [3.63, 3.8) is 0 Å². The highest BCUT2D eigenvalue weighted by atomic mass is 19.4. The van der Waals surface area contributed by atoms with E-state index in [0.717, 1.165) is 13.8 Å². The van der Waals surface area contributed by atoms with Crippen LogP contribution in [0.25, 0.3) is 0 Å². The summed E-state index contributed by atoms with van der Waals surface area (Å²) in [6, 6.07) is 5.70. The number of halogens is 4. The smallest absolute Gasteiger partial charge is 0.427 e. The number of fused-ring (bicyclic) bond motifs is 1. The van der Waals surface area contributed by atoms with Crippen LogP contribution in [0.4, 0.5) is 28.0 Å². The van der Waals surface area contributed by atoms with E-state index in [4.69, 9.17) is 14.3 Å². The molecule has 3 N–H and O–H groups in total. The molecule has 2 atom stereocenters. The number of anilines is 1. The van der Waals surface area contributed by atoms with Crippen molar-refractivity contribution in [2.24, 2.45) is 0 Å². The lowest BCUT2D eigenvalue weighted by atomic mass is 10.00. The zero-order valence-corrected chi connectivity index (χ0v) is 22.0. The number of hydrogen-bond donors (Lipinski definition) is 3. The zero-order valence-electron chi connectivity index (χ0n) is 22.0. The Labute approximate surface area is 231 Å². The molecule has 12 nitrogen and oxygen atoms in total. The van der Waals surface area contributed by atoms with Crippen molar-refractivity contribution in [1.29, 1.82) is 0 Å². The van der Waals surface area contributed by atoms with E-state index in [1.54, 1.807) is 24.3 Å². The minimum atomic E-state index is -4.75. The van der Waals surface area contributed by atoms with Gasteiger partial charge in [-0.05, 0) is 50.6 Å². The van der Waals surface area contributed by atoms with E-state index in [1.165, 1.54) is 18.5 Å². The number of rotatable bonds is 6. The molecule has 0 saturated carbocycles. The molecule has 4 rings (SSSR count). The first kappa shape index (κ1) is 32.6. The van der Waals surface area contributed by atoms with Crippen molar-refractivity contribution >= 4 is 31.3 Å². The lowest BCUT2D eigenvalue weighted by Gasteiger charge is -2.42. The predicted molar refractivity (Wildman–Crippen MR) is 136 cm³/mol. The molecule has 16 heteroatoms. The molecule has 1 aromatic carbocycles. The Morgan fingerprint density at radius 3 is 2.41 bits per heavy atom. The van der Waals surface area contributed by atoms with Crippen LogP contribution < -0.4 is 15.5 Å². The van der Waals surface area contributed by atoms with Crippen LogP contribution in [0.15, 0.2) is 54.1 Å². The highest BCUT2D eigenvalue weighted by Gasteiger charge is 2.51. The van der Waals surface area contributed by atoms with Crippen LogP contribution in [-0.2, 0) is 19.1 Å². The fraction of sp³-hybridized carbons (Fsp3) is 0.360. The van der Waals surface area contributed by atoms with Crippen molar-refractivity contribution in [3.05, 3.63) is 65.8 Å². The van der Waals surface area contributed by atoms with Gasteiger partial charge in [0.2, 0.25) is 11.4 Å². The Bertz CT molecular complexity index is 1230. The van der Waals surface area contributed by atoms with E-state index >= 15 is 0 Å². The van der Waals surface area contributed by atoms with Gasteiger partial charge in [0.1, 0.15) is 31.8 Å². The molecule has 0 bridgehead atoms. The van der Waals surface area contributed by atoms with Crippen LogP contribution in [-0.4, -0.2) is 77.8 Å². The molecule has 0 spiro atoms. The average molecular weight is 585 g/mol. The standard InChI is InChI=1S/C23H24F4N6O4.2CH2O/c1-22(2,23(25,26)27)37-21(35)31-14-5-8-18-17(9-14)33(15-6-3-13(24)4-7-15)11-16(36-18)10-28-20(34)19-29-12-30-32-19;2*1-2/h3-7,9,12,16,18H,8,10-11H2,1-2H3,(H,28,34)(H,31,35)(H,29,30,32);2*1H2/t16-,18?;;/m0../s1. The molecule has 2 amide bonds. The van der Waals surface area contributed by atoms with Gasteiger partial charge in [0, 0.05) is 23.6 Å². The van der Waals surface area contributed by atoms with Gasteiger partial charge in [0.15, 0.2) is 0 Å². The van der Waals surface area contributed by atoms with Crippen LogP contribution in [0.5, 0.6) is 0 Å². The summed E-state index contributed by atoms with van der Waals surface area (Å²) in [5.41, 5.74) is -1.24. The van der Waals surface area contributed by atoms with Gasteiger partial charge in [0.25, 0.3) is 5.91 Å². The Balaban J connectivity index is 0.00000141. The number of nitrogens with one attached hydrogen (secondary N) is 3. The number of carbonyl (C=O) groups is 4. The summed E-state index contributed by atoms with van der Waals surface area (Å²) in [6.07, 6.45) is -2.35. The van der Waals surface area contributed by atoms with Crippen molar-refractivity contribution in [1.82, 2.24) is 25.8 Å². The number of ether oxygens (including phenoxy) is 2. The van der Waals surface area contributed by atoms with Gasteiger partial charge in [-0.3, -0.25) is 15.2 Å². The van der Waals surface area contributed by atoms with Crippen LogP contribution in [0.3, 0.4) is 0 Å². The van der Waals surface area contributed by atoms with Gasteiger partial charge in [-0.1, -0.05) is 6.08 Å².